The molecule has 1 aromatic carbocycles. The summed E-state index contributed by atoms with van der Waals surface area (Å²) >= 11 is 3.52. The lowest BCUT2D eigenvalue weighted by molar-refractivity contribution is 0.886. The molecule has 1 aromatic rings. The van der Waals surface area contributed by atoms with Crippen molar-refractivity contribution in [3.63, 3.8) is 0 Å². The molecule has 1 aliphatic carbocycles. The number of aryl methyl sites for hydroxylation is 1. The molecule has 0 atom stereocenters. The molecule has 2 rings (SSSR count). The van der Waals surface area contributed by atoms with Gasteiger partial charge < -0.3 is 0 Å². The molecule has 1 heteroatoms. The Morgan fingerprint density at radius 3 is 2.29 bits per heavy atom. The molecule has 0 bridgehead atoms. The van der Waals surface area contributed by atoms with Crippen LogP contribution in [0, 0.1) is 6.92 Å². The fraction of sp³-hybridized carbons (Fsp3) is 0.385. The third-order valence-corrected chi connectivity index (χ3v) is 3.12. The molecule has 0 spiro atoms. The first-order chi connectivity index (χ1) is 6.62. The minimum Gasteiger partial charge on any atom is -0.0641 e. The topological polar surface area (TPSA) is 0 Å². The fourth-order valence-electron chi connectivity index (χ4n) is 1.92. The van der Waals surface area contributed by atoms with Gasteiger partial charge in [0.1, 0.15) is 0 Å². The maximum atomic E-state index is 3.52. The lowest BCUT2D eigenvalue weighted by atomic mass is 9.95. The van der Waals surface area contributed by atoms with Gasteiger partial charge in [0.15, 0.2) is 0 Å². The molecule has 0 unspecified atom stereocenters. The zero-order valence-electron chi connectivity index (χ0n) is 8.68. The third kappa shape index (κ3) is 1.93. The molecule has 0 aromatic heterocycles. The number of allylic oxidation sites excluding steroid dienone is 2. The SMILES string of the molecule is C/C(Br)=C\C1(c2ccc(C)cc2)CC1. The van der Waals surface area contributed by atoms with Crippen molar-refractivity contribution in [2.75, 3.05) is 0 Å². The van der Waals surface area contributed by atoms with Crippen LogP contribution in [0.5, 0.6) is 0 Å². The van der Waals surface area contributed by atoms with Crippen LogP contribution in [0.2, 0.25) is 0 Å². The van der Waals surface area contributed by atoms with Crippen LogP contribution in [-0.2, 0) is 5.41 Å². The monoisotopic (exact) mass is 250 g/mol. The van der Waals surface area contributed by atoms with Crippen molar-refractivity contribution in [1.82, 2.24) is 0 Å². The molecular weight excluding hydrogens is 236 g/mol. The third-order valence-electron chi connectivity index (χ3n) is 2.89. The van der Waals surface area contributed by atoms with E-state index in [1.54, 1.807) is 0 Å². The van der Waals surface area contributed by atoms with Crippen LogP contribution in [0.25, 0.3) is 0 Å². The van der Waals surface area contributed by atoms with Crippen LogP contribution in [0.4, 0.5) is 0 Å². The number of hydrogen-bond acceptors (Lipinski definition) is 0. The second kappa shape index (κ2) is 3.54. The molecular formula is C13H15Br. The molecule has 14 heavy (non-hydrogen) atoms. The van der Waals surface area contributed by atoms with Gasteiger partial charge in [0.05, 0.1) is 0 Å². The van der Waals surface area contributed by atoms with Crippen molar-refractivity contribution in [3.05, 3.63) is 46.0 Å². The van der Waals surface area contributed by atoms with Crippen molar-refractivity contribution >= 4 is 15.9 Å². The highest BCUT2D eigenvalue weighted by molar-refractivity contribution is 9.11. The first-order valence-corrected chi connectivity index (χ1v) is 5.84. The predicted molar refractivity (Wildman–Crippen MR) is 64.8 cm³/mol. The molecule has 0 heterocycles. The molecule has 74 valence electrons. The number of hydrogen-bond donors (Lipinski definition) is 0. The molecule has 1 saturated carbocycles. The average molecular weight is 251 g/mol. The van der Waals surface area contributed by atoms with Crippen LogP contribution in [0.1, 0.15) is 30.9 Å². The first kappa shape index (κ1) is 9.97. The number of halogens is 1. The van der Waals surface area contributed by atoms with Crippen LogP contribution < -0.4 is 0 Å². The summed E-state index contributed by atoms with van der Waals surface area (Å²) in [5, 5.41) is 0. The summed E-state index contributed by atoms with van der Waals surface area (Å²) in [4.78, 5) is 0. The zero-order chi connectivity index (χ0) is 10.2. The Kier molecular flexibility index (Phi) is 2.52. The van der Waals surface area contributed by atoms with E-state index >= 15 is 0 Å². The van der Waals surface area contributed by atoms with E-state index < -0.39 is 0 Å². The molecule has 0 N–H and O–H groups in total. The van der Waals surface area contributed by atoms with E-state index in [9.17, 15) is 0 Å². The zero-order valence-corrected chi connectivity index (χ0v) is 10.3. The summed E-state index contributed by atoms with van der Waals surface area (Å²) in [6.07, 6.45) is 4.93. The van der Waals surface area contributed by atoms with Crippen molar-refractivity contribution in [2.45, 2.75) is 32.1 Å². The first-order valence-electron chi connectivity index (χ1n) is 5.04. The highest BCUT2D eigenvalue weighted by Crippen LogP contribution is 2.50. The maximum absolute atomic E-state index is 3.52. The van der Waals surface area contributed by atoms with Gasteiger partial charge in [0.25, 0.3) is 0 Å². The molecule has 0 aliphatic heterocycles. The Balaban J connectivity index is 2.31. The van der Waals surface area contributed by atoms with E-state index in [0.717, 1.165) is 0 Å². The normalized spacial score (nSPS) is 19.5. The summed E-state index contributed by atoms with van der Waals surface area (Å²) in [5.74, 6) is 0. The Morgan fingerprint density at radius 2 is 1.86 bits per heavy atom. The minimum absolute atomic E-state index is 0.348. The van der Waals surface area contributed by atoms with Crippen molar-refractivity contribution in [3.8, 4) is 0 Å². The van der Waals surface area contributed by atoms with Crippen molar-refractivity contribution in [2.24, 2.45) is 0 Å². The standard InChI is InChI=1S/C13H15Br/c1-10-3-5-12(6-4-10)13(7-8-13)9-11(2)14/h3-6,9H,7-8H2,1-2H3/b11-9+. The van der Waals surface area contributed by atoms with Gasteiger partial charge in [0, 0.05) is 5.41 Å². The Hall–Kier alpha value is -0.560. The predicted octanol–water partition coefficient (Wildman–Crippen LogP) is 4.33. The van der Waals surface area contributed by atoms with Crippen LogP contribution >= 0.6 is 15.9 Å². The number of benzene rings is 1. The van der Waals surface area contributed by atoms with Gasteiger partial charge in [-0.25, -0.2) is 0 Å². The van der Waals surface area contributed by atoms with Gasteiger partial charge in [-0.2, -0.15) is 0 Å². The van der Waals surface area contributed by atoms with E-state index in [4.69, 9.17) is 0 Å². The van der Waals surface area contributed by atoms with E-state index in [0.29, 0.717) is 5.41 Å². The molecule has 0 amide bonds. The lowest BCUT2D eigenvalue weighted by Gasteiger charge is -2.11. The van der Waals surface area contributed by atoms with Crippen LogP contribution in [-0.4, -0.2) is 0 Å². The van der Waals surface area contributed by atoms with Gasteiger partial charge in [-0.05, 0) is 36.7 Å². The molecule has 1 fully saturated rings. The second-order valence-corrected chi connectivity index (χ2v) is 5.50. The largest absolute Gasteiger partial charge is 0.0641 e. The van der Waals surface area contributed by atoms with Crippen LogP contribution in [0.15, 0.2) is 34.8 Å². The maximum Gasteiger partial charge on any atom is 0.0143 e. The van der Waals surface area contributed by atoms with Gasteiger partial charge >= 0.3 is 0 Å². The summed E-state index contributed by atoms with van der Waals surface area (Å²) in [6, 6.07) is 8.92. The Bertz CT molecular complexity index is 351. The van der Waals surface area contributed by atoms with E-state index in [-0.39, 0.29) is 0 Å². The van der Waals surface area contributed by atoms with Crippen molar-refractivity contribution < 1.29 is 0 Å². The molecule has 0 nitrogen and oxygen atoms in total. The average Bonchev–Trinajstić information content (AvgIpc) is 2.85. The van der Waals surface area contributed by atoms with E-state index in [1.807, 2.05) is 0 Å². The van der Waals surface area contributed by atoms with Gasteiger partial charge in [-0.15, -0.1) is 0 Å². The summed E-state index contributed by atoms with van der Waals surface area (Å²) < 4.78 is 1.25. The van der Waals surface area contributed by atoms with Gasteiger partial charge in [-0.1, -0.05) is 51.8 Å². The molecule has 0 saturated heterocycles. The smallest absolute Gasteiger partial charge is 0.0143 e. The highest BCUT2D eigenvalue weighted by atomic mass is 79.9. The van der Waals surface area contributed by atoms with Crippen molar-refractivity contribution in [1.29, 1.82) is 0 Å². The van der Waals surface area contributed by atoms with E-state index in [1.165, 1.54) is 28.5 Å². The second-order valence-electron chi connectivity index (χ2n) is 4.25. The molecule has 0 radical (unpaired) electrons. The van der Waals surface area contributed by atoms with Gasteiger partial charge in [0.2, 0.25) is 0 Å². The summed E-state index contributed by atoms with van der Waals surface area (Å²) in [7, 11) is 0. The van der Waals surface area contributed by atoms with Crippen LogP contribution in [0.3, 0.4) is 0 Å². The minimum atomic E-state index is 0.348. The van der Waals surface area contributed by atoms with Gasteiger partial charge in [-0.3, -0.25) is 0 Å². The summed E-state index contributed by atoms with van der Waals surface area (Å²) in [6.45, 7) is 4.24. The Morgan fingerprint density at radius 1 is 1.29 bits per heavy atom. The van der Waals surface area contributed by atoms with E-state index in [2.05, 4.69) is 60.1 Å². The summed E-state index contributed by atoms with van der Waals surface area (Å²) in [5.41, 5.74) is 3.15. The highest BCUT2D eigenvalue weighted by Gasteiger charge is 2.41. The number of rotatable bonds is 2. The quantitative estimate of drug-likeness (QED) is 0.734. The molecule has 1 aliphatic rings. The fourth-order valence-corrected chi connectivity index (χ4v) is 2.36. The lowest BCUT2D eigenvalue weighted by Crippen LogP contribution is -2.02. The Labute approximate surface area is 94.2 Å².